The van der Waals surface area contributed by atoms with Crippen LogP contribution in [0.5, 0.6) is 0 Å². The van der Waals surface area contributed by atoms with Crippen molar-refractivity contribution in [3.05, 3.63) is 0 Å². The van der Waals surface area contributed by atoms with Crippen LogP contribution in [0.1, 0.15) is 379 Å². The van der Waals surface area contributed by atoms with Crippen molar-refractivity contribution in [2.75, 3.05) is 72.7 Å². The summed E-state index contributed by atoms with van der Waals surface area (Å²) in [4.78, 5) is 10.4. The van der Waals surface area contributed by atoms with E-state index in [1.807, 2.05) is 0 Å². The van der Waals surface area contributed by atoms with Gasteiger partial charge in [0.25, 0.3) is 0 Å². The standard InChI is InChI=1S/C95H185O16P/c1-70-25-15-27-72(3)31-19-35-78(9)53-57-104-66-89(68-108-95-94(101)93(100)92(99)91(64-97)111-95)106-59-55-80(11)39-23-43-84-49-51-86(61-84)82(13)41-21-37-76(7)47-45-75(6)34-18-30-71(2)26-16-28-73(4)32-20-36-79(10)54-58-105-67-90(69-110-112(102,103)109-65-88(98)63-96)107-60-56-81(12)40-24-44-85-50-52-87(62-85)83(14)42-22-38-77(8)48-46-74(5)33-17-29-70/h70-101H,15-69H2,1-14H3,(H,102,103)/t70-,71-,72+,73+,74-,75-,76-,77-,78+,79+,80+,81+,82+,83+,84?,85?,86?,87?,88?,89?,90?,91+,92+,93-,94+,95+/m0/s1. The third kappa shape index (κ3) is 48.9. The molecule has 0 amide bonds. The van der Waals surface area contributed by atoms with Crippen molar-refractivity contribution >= 4 is 7.82 Å². The highest BCUT2D eigenvalue weighted by molar-refractivity contribution is 7.47. The molecule has 17 heteroatoms. The maximum absolute atomic E-state index is 12.7. The monoisotopic (exact) mass is 1610 g/mol. The van der Waals surface area contributed by atoms with Crippen LogP contribution in [-0.2, 0) is 42.0 Å². The first-order chi connectivity index (χ1) is 53.6. The molecule has 0 radical (unpaired) electrons. The van der Waals surface area contributed by atoms with E-state index in [4.69, 9.17) is 37.5 Å². The van der Waals surface area contributed by atoms with Gasteiger partial charge in [-0.05, 0) is 158 Å². The summed E-state index contributed by atoms with van der Waals surface area (Å²) in [6.45, 7) is 35.5. The topological polar surface area (TPSA) is 233 Å². The van der Waals surface area contributed by atoms with Crippen molar-refractivity contribution in [3.63, 3.8) is 0 Å². The quantitative estimate of drug-likeness (QED) is 0.0953. The van der Waals surface area contributed by atoms with Gasteiger partial charge >= 0.3 is 7.82 Å². The second-order valence-electron chi connectivity index (χ2n) is 39.8. The molecule has 0 spiro atoms. The lowest BCUT2D eigenvalue weighted by atomic mass is 9.85. The Hall–Kier alpha value is -0.370. The molecule has 112 heavy (non-hydrogen) atoms. The van der Waals surface area contributed by atoms with Gasteiger partial charge in [0.15, 0.2) is 6.29 Å². The minimum atomic E-state index is -4.47. The van der Waals surface area contributed by atoms with E-state index in [0.717, 1.165) is 109 Å². The van der Waals surface area contributed by atoms with Crippen LogP contribution < -0.4 is 0 Å². The zero-order chi connectivity index (χ0) is 82.1. The molecular weight excluding hydrogens is 1430 g/mol. The second-order valence-corrected chi connectivity index (χ2v) is 41.2. The Morgan fingerprint density at radius 1 is 0.357 bits per heavy atom. The molecule has 4 rings (SSSR count). The molecule has 27 atom stereocenters. The molecule has 0 aromatic heterocycles. The van der Waals surface area contributed by atoms with E-state index in [0.29, 0.717) is 56.7 Å². The van der Waals surface area contributed by atoms with Crippen molar-refractivity contribution in [3.8, 4) is 0 Å². The Labute approximate surface area is 689 Å². The minimum Gasteiger partial charge on any atom is -0.394 e. The normalized spacial score (nSPS) is 38.7. The summed E-state index contributed by atoms with van der Waals surface area (Å²) >= 11 is 0. The third-order valence-corrected chi connectivity index (χ3v) is 29.1. The zero-order valence-electron chi connectivity index (χ0n) is 75.2. The van der Waals surface area contributed by atoms with E-state index in [1.165, 1.54) is 257 Å². The number of hydrogen-bond acceptors (Lipinski definition) is 15. The maximum atomic E-state index is 12.7. The minimum absolute atomic E-state index is 0.0956. The Bertz CT molecular complexity index is 2250. The van der Waals surface area contributed by atoms with E-state index in [2.05, 4.69) is 96.9 Å². The highest BCUT2D eigenvalue weighted by atomic mass is 31.2. The van der Waals surface area contributed by atoms with Gasteiger partial charge in [-0.15, -0.1) is 0 Å². The first-order valence-corrected chi connectivity index (χ1v) is 49.3. The van der Waals surface area contributed by atoms with Crippen LogP contribution in [0.3, 0.4) is 0 Å². The van der Waals surface area contributed by atoms with Gasteiger partial charge in [-0.2, -0.15) is 0 Å². The number of phosphoric ester groups is 1. The van der Waals surface area contributed by atoms with Gasteiger partial charge in [-0.1, -0.05) is 328 Å². The van der Waals surface area contributed by atoms with Gasteiger partial charge in [-0.3, -0.25) is 9.05 Å². The molecule has 666 valence electrons. The molecule has 7 N–H and O–H groups in total. The summed E-state index contributed by atoms with van der Waals surface area (Å²) in [5, 5.41) is 60.3. The molecule has 0 aromatic carbocycles. The lowest BCUT2D eigenvalue weighted by Crippen LogP contribution is -2.59. The number of phosphoric acid groups is 1. The third-order valence-electron chi connectivity index (χ3n) is 28.2. The van der Waals surface area contributed by atoms with E-state index < -0.39 is 76.7 Å². The number of aliphatic hydroxyl groups excluding tert-OH is 6. The molecule has 8 unspecified atom stereocenters. The molecule has 2 saturated carbocycles. The molecule has 4 bridgehead atoms. The van der Waals surface area contributed by atoms with E-state index in [1.54, 1.807) is 0 Å². The van der Waals surface area contributed by atoms with E-state index in [9.17, 15) is 40.1 Å². The number of hydrogen-bond donors (Lipinski definition) is 7. The predicted octanol–water partition coefficient (Wildman–Crippen LogP) is 22.7. The van der Waals surface area contributed by atoms with E-state index in [-0.39, 0.29) is 19.8 Å². The number of fused-ring (bicyclic) bond motifs is 4. The Kier molecular flexibility index (Phi) is 57.4. The average molecular weight is 1610 g/mol. The number of rotatable bonds is 11. The lowest BCUT2D eigenvalue weighted by Gasteiger charge is -2.40. The van der Waals surface area contributed by atoms with Crippen LogP contribution in [-0.4, -0.2) is 157 Å². The summed E-state index contributed by atoms with van der Waals surface area (Å²) < 4.78 is 59.9. The smallest absolute Gasteiger partial charge is 0.394 e. The van der Waals surface area contributed by atoms with Crippen LogP contribution in [0.4, 0.5) is 0 Å². The van der Waals surface area contributed by atoms with Gasteiger partial charge < -0.3 is 64.0 Å². The lowest BCUT2D eigenvalue weighted by molar-refractivity contribution is -0.306. The maximum Gasteiger partial charge on any atom is 0.472 e. The van der Waals surface area contributed by atoms with Crippen molar-refractivity contribution < 1.29 is 77.6 Å². The van der Waals surface area contributed by atoms with Crippen molar-refractivity contribution in [2.24, 2.45) is 107 Å². The highest BCUT2D eigenvalue weighted by Crippen LogP contribution is 2.45. The summed E-state index contributed by atoms with van der Waals surface area (Å²) in [5.41, 5.74) is 0. The van der Waals surface area contributed by atoms with E-state index >= 15 is 0 Å². The molecule has 16 nitrogen and oxygen atoms in total. The predicted molar refractivity (Wildman–Crippen MR) is 461 cm³/mol. The molecule has 4 fully saturated rings. The largest absolute Gasteiger partial charge is 0.472 e. The van der Waals surface area contributed by atoms with Crippen LogP contribution in [0.2, 0.25) is 0 Å². The summed E-state index contributed by atoms with van der Waals surface area (Å²) in [6, 6.07) is 0. The molecule has 2 aliphatic heterocycles. The highest BCUT2D eigenvalue weighted by Gasteiger charge is 2.44. The molecular formula is C95H185O16P. The van der Waals surface area contributed by atoms with Gasteiger partial charge in [-0.25, -0.2) is 4.57 Å². The molecule has 4 aliphatic rings. The summed E-state index contributed by atoms with van der Waals surface area (Å²) in [7, 11) is -4.47. The summed E-state index contributed by atoms with van der Waals surface area (Å²) in [5.74, 6) is 13.5. The first kappa shape index (κ1) is 104. The fourth-order valence-electron chi connectivity index (χ4n) is 19.1. The molecule has 0 aromatic rings. The van der Waals surface area contributed by atoms with Crippen LogP contribution in [0, 0.1) is 107 Å². The molecule has 2 heterocycles. The Morgan fingerprint density at radius 3 is 1.02 bits per heavy atom. The molecule has 2 saturated heterocycles. The zero-order valence-corrected chi connectivity index (χ0v) is 76.0. The SMILES string of the molecule is C[C@@H]1CCC[C@H](C)CCC[C@H](C)CC[C@@H](C)CCC[C@@H](C)C2CCC(CCC[C@@H](C)CCOC(COP(=O)(O)OCC(O)CO)COCC[C@H](C)CCC[C@H](C)CCC[C@H](C)CCC[C@H](C)CC[C@@H](C)CCC[C@@H](C)C3CCC(CCC[C@@H](C)CCOC(CO[C@@H]4O[C@H](CO)[C@@H](O)[C@H](O)[C@H]4O)COCC[C@H](C)CCC1)C3)C2. The van der Waals surface area contributed by atoms with Crippen molar-refractivity contribution in [1.82, 2.24) is 0 Å². The average Bonchev–Trinajstić information content (AvgIpc) is 0.973. The number of ether oxygens (including phenoxy) is 6. The van der Waals surface area contributed by atoms with Crippen LogP contribution in [0.15, 0.2) is 0 Å². The Balaban J connectivity index is 1.22. The molecule has 2 aliphatic carbocycles. The fraction of sp³-hybridized carbons (Fsp3) is 1.00. The van der Waals surface area contributed by atoms with Gasteiger partial charge in [0.05, 0.1) is 46.2 Å². The van der Waals surface area contributed by atoms with Crippen LogP contribution >= 0.6 is 7.82 Å². The van der Waals surface area contributed by atoms with Crippen molar-refractivity contribution in [2.45, 2.75) is 428 Å². The second kappa shape index (κ2) is 61.8. The van der Waals surface area contributed by atoms with Gasteiger partial charge in [0.1, 0.15) is 42.7 Å². The van der Waals surface area contributed by atoms with Gasteiger partial charge in [0.2, 0.25) is 0 Å². The van der Waals surface area contributed by atoms with Crippen LogP contribution in [0.25, 0.3) is 0 Å². The van der Waals surface area contributed by atoms with Crippen molar-refractivity contribution in [1.29, 1.82) is 0 Å². The summed E-state index contributed by atoms with van der Waals surface area (Å²) in [6.07, 6.45) is 47.9. The van der Waals surface area contributed by atoms with Gasteiger partial charge in [0, 0.05) is 26.4 Å². The fourth-order valence-corrected chi connectivity index (χ4v) is 19.9. The first-order valence-electron chi connectivity index (χ1n) is 47.8. The Morgan fingerprint density at radius 2 is 0.670 bits per heavy atom. The number of aliphatic hydroxyl groups is 6.